The average molecular weight is 342 g/mol. The van der Waals surface area contributed by atoms with Gasteiger partial charge in [-0.3, -0.25) is 4.79 Å². The van der Waals surface area contributed by atoms with Gasteiger partial charge in [0, 0.05) is 22.7 Å². The Labute approximate surface area is 143 Å². The number of ether oxygens (including phenoxy) is 1. The highest BCUT2D eigenvalue weighted by Crippen LogP contribution is 2.31. The lowest BCUT2D eigenvalue weighted by Gasteiger charge is -2.09. The maximum Gasteiger partial charge on any atom is 0.234 e. The molecular weight excluding hydrogens is 327 g/mol. The summed E-state index contributed by atoms with van der Waals surface area (Å²) < 4.78 is 18.5. The van der Waals surface area contributed by atoms with Crippen LogP contribution in [-0.2, 0) is 4.79 Å². The molecule has 0 saturated carbocycles. The largest absolute Gasteiger partial charge is 0.496 e. The molecule has 1 heterocycles. The molecule has 0 atom stereocenters. The summed E-state index contributed by atoms with van der Waals surface area (Å²) in [5, 5.41) is 5.30. The molecule has 0 fully saturated rings. The number of methoxy groups -OCH3 is 1. The van der Waals surface area contributed by atoms with Crippen molar-refractivity contribution in [2.24, 2.45) is 0 Å². The Morgan fingerprint density at radius 3 is 2.83 bits per heavy atom. The Morgan fingerprint density at radius 2 is 2.04 bits per heavy atom. The highest BCUT2D eigenvalue weighted by Gasteiger charge is 2.10. The molecule has 0 spiro atoms. The normalized spacial score (nSPS) is 10.6. The van der Waals surface area contributed by atoms with Crippen LogP contribution in [0.3, 0.4) is 0 Å². The van der Waals surface area contributed by atoms with Crippen LogP contribution in [0.1, 0.15) is 0 Å². The lowest BCUT2D eigenvalue weighted by Crippen LogP contribution is -2.14. The molecule has 6 heteroatoms. The predicted octanol–water partition coefficient (Wildman–Crippen LogP) is 4.11. The van der Waals surface area contributed by atoms with Gasteiger partial charge in [0.15, 0.2) is 0 Å². The number of hydrogen-bond donors (Lipinski definition) is 1. The second-order valence-electron chi connectivity index (χ2n) is 5.02. The van der Waals surface area contributed by atoms with Crippen molar-refractivity contribution in [2.45, 2.75) is 5.03 Å². The van der Waals surface area contributed by atoms with Gasteiger partial charge in [0.05, 0.1) is 12.9 Å². The molecule has 0 unspecified atom stereocenters. The minimum absolute atomic E-state index is 0.180. The van der Waals surface area contributed by atoms with Crippen molar-refractivity contribution >= 4 is 34.1 Å². The van der Waals surface area contributed by atoms with E-state index in [0.29, 0.717) is 5.69 Å². The number of pyridine rings is 1. The molecule has 0 bridgehead atoms. The van der Waals surface area contributed by atoms with Crippen molar-refractivity contribution in [3.8, 4) is 5.75 Å². The van der Waals surface area contributed by atoms with E-state index in [1.54, 1.807) is 25.4 Å². The highest BCUT2D eigenvalue weighted by molar-refractivity contribution is 8.00. The fourth-order valence-corrected chi connectivity index (χ4v) is 3.15. The molecule has 4 nitrogen and oxygen atoms in total. The van der Waals surface area contributed by atoms with E-state index in [4.69, 9.17) is 4.74 Å². The second-order valence-corrected chi connectivity index (χ2v) is 5.98. The van der Waals surface area contributed by atoms with Gasteiger partial charge in [0.25, 0.3) is 0 Å². The number of rotatable bonds is 5. The van der Waals surface area contributed by atoms with Crippen LogP contribution in [0, 0.1) is 5.82 Å². The number of nitrogens with one attached hydrogen (secondary N) is 1. The van der Waals surface area contributed by atoms with Crippen molar-refractivity contribution < 1.29 is 13.9 Å². The zero-order valence-electron chi connectivity index (χ0n) is 13.0. The quantitative estimate of drug-likeness (QED) is 0.709. The Hall–Kier alpha value is -2.60. The zero-order chi connectivity index (χ0) is 16.9. The average Bonchev–Trinajstić information content (AvgIpc) is 2.59. The molecule has 1 aromatic heterocycles. The lowest BCUT2D eigenvalue weighted by molar-refractivity contribution is -0.113. The van der Waals surface area contributed by atoms with Crippen LogP contribution >= 0.6 is 11.8 Å². The van der Waals surface area contributed by atoms with Crippen LogP contribution in [0.25, 0.3) is 10.8 Å². The highest BCUT2D eigenvalue weighted by atomic mass is 32.2. The summed E-state index contributed by atoms with van der Waals surface area (Å²) >= 11 is 1.33. The molecule has 0 aliphatic heterocycles. The topological polar surface area (TPSA) is 51.2 Å². The number of carbonyl (C=O) groups excluding carboxylic acids is 1. The first-order valence-corrected chi connectivity index (χ1v) is 8.26. The van der Waals surface area contributed by atoms with Crippen LogP contribution < -0.4 is 10.1 Å². The lowest BCUT2D eigenvalue weighted by atomic mass is 10.1. The number of benzene rings is 2. The Bertz CT molecular complexity index is 886. The van der Waals surface area contributed by atoms with E-state index in [1.807, 2.05) is 24.3 Å². The molecule has 1 amide bonds. The minimum atomic E-state index is -0.386. The number of hydrogen-bond acceptors (Lipinski definition) is 4. The van der Waals surface area contributed by atoms with E-state index < -0.39 is 0 Å². The second kappa shape index (κ2) is 7.31. The molecule has 2 aromatic carbocycles. The first-order valence-electron chi connectivity index (χ1n) is 7.27. The van der Waals surface area contributed by atoms with E-state index in [0.717, 1.165) is 21.5 Å². The standard InChI is InChI=1S/C18H15FN2O2S/c1-23-16-7-3-6-15-14(16)8-9-20-18(15)24-11-17(22)21-13-5-2-4-12(19)10-13/h2-10H,11H2,1H3,(H,21,22). The third kappa shape index (κ3) is 3.65. The van der Waals surface area contributed by atoms with Crippen molar-refractivity contribution in [3.63, 3.8) is 0 Å². The van der Waals surface area contributed by atoms with Gasteiger partial charge < -0.3 is 10.1 Å². The van der Waals surface area contributed by atoms with Gasteiger partial charge in [-0.1, -0.05) is 30.0 Å². The molecule has 3 aromatic rings. The van der Waals surface area contributed by atoms with Crippen LogP contribution in [0.15, 0.2) is 59.8 Å². The van der Waals surface area contributed by atoms with Gasteiger partial charge in [-0.2, -0.15) is 0 Å². The van der Waals surface area contributed by atoms with Gasteiger partial charge in [0.2, 0.25) is 5.91 Å². The summed E-state index contributed by atoms with van der Waals surface area (Å²) in [6.45, 7) is 0. The molecule has 0 radical (unpaired) electrons. The van der Waals surface area contributed by atoms with E-state index >= 15 is 0 Å². The third-order valence-electron chi connectivity index (χ3n) is 3.40. The summed E-state index contributed by atoms with van der Waals surface area (Å²) in [4.78, 5) is 16.4. The van der Waals surface area contributed by atoms with E-state index in [1.165, 1.54) is 23.9 Å². The van der Waals surface area contributed by atoms with Gasteiger partial charge in [-0.25, -0.2) is 9.37 Å². The van der Waals surface area contributed by atoms with Gasteiger partial charge in [-0.05, 0) is 30.3 Å². The predicted molar refractivity (Wildman–Crippen MR) is 94.0 cm³/mol. The summed E-state index contributed by atoms with van der Waals surface area (Å²) in [7, 11) is 1.62. The van der Waals surface area contributed by atoms with Crippen LogP contribution in [0.4, 0.5) is 10.1 Å². The molecular formula is C18H15FN2O2S. The number of nitrogens with zero attached hydrogens (tertiary/aromatic N) is 1. The first-order chi connectivity index (χ1) is 11.7. The van der Waals surface area contributed by atoms with Crippen molar-refractivity contribution in [1.29, 1.82) is 0 Å². The SMILES string of the molecule is COc1cccc2c(SCC(=O)Nc3cccc(F)c3)nccc12. The van der Waals surface area contributed by atoms with Gasteiger partial charge >= 0.3 is 0 Å². The Morgan fingerprint density at radius 1 is 1.21 bits per heavy atom. The fourth-order valence-electron chi connectivity index (χ4n) is 2.34. The Balaban J connectivity index is 1.72. The minimum Gasteiger partial charge on any atom is -0.496 e. The summed E-state index contributed by atoms with van der Waals surface area (Å²) in [5.41, 5.74) is 0.438. The summed E-state index contributed by atoms with van der Waals surface area (Å²) in [6.07, 6.45) is 1.69. The molecule has 3 rings (SSSR count). The van der Waals surface area contributed by atoms with E-state index in [9.17, 15) is 9.18 Å². The molecule has 0 aliphatic rings. The first kappa shape index (κ1) is 16.3. The third-order valence-corrected chi connectivity index (χ3v) is 4.40. The van der Waals surface area contributed by atoms with Crippen molar-refractivity contribution in [1.82, 2.24) is 4.98 Å². The smallest absolute Gasteiger partial charge is 0.234 e. The zero-order valence-corrected chi connectivity index (χ0v) is 13.8. The maximum absolute atomic E-state index is 13.1. The number of fused-ring (bicyclic) bond motifs is 1. The molecule has 1 N–H and O–H groups in total. The monoisotopic (exact) mass is 342 g/mol. The number of halogens is 1. The van der Waals surface area contributed by atoms with Gasteiger partial charge in [0.1, 0.15) is 16.6 Å². The van der Waals surface area contributed by atoms with E-state index in [-0.39, 0.29) is 17.5 Å². The Kier molecular flexibility index (Phi) is 4.96. The number of amides is 1. The molecule has 122 valence electrons. The molecule has 24 heavy (non-hydrogen) atoms. The van der Waals surface area contributed by atoms with E-state index in [2.05, 4.69) is 10.3 Å². The van der Waals surface area contributed by atoms with Crippen LogP contribution in [0.5, 0.6) is 5.75 Å². The molecule has 0 saturated heterocycles. The van der Waals surface area contributed by atoms with Crippen molar-refractivity contribution in [3.05, 3.63) is 60.5 Å². The summed E-state index contributed by atoms with van der Waals surface area (Å²) in [6, 6.07) is 13.4. The fraction of sp³-hybridized carbons (Fsp3) is 0.111. The summed E-state index contributed by atoms with van der Waals surface area (Å²) in [5.74, 6) is 0.344. The number of thioether (sulfide) groups is 1. The number of carbonyl (C=O) groups is 1. The maximum atomic E-state index is 13.1. The molecule has 0 aliphatic carbocycles. The van der Waals surface area contributed by atoms with Crippen LogP contribution in [0.2, 0.25) is 0 Å². The van der Waals surface area contributed by atoms with Crippen molar-refractivity contribution in [2.75, 3.05) is 18.2 Å². The number of aromatic nitrogens is 1. The van der Waals surface area contributed by atoms with Crippen LogP contribution in [-0.4, -0.2) is 23.8 Å². The number of anilines is 1. The van der Waals surface area contributed by atoms with Gasteiger partial charge in [-0.15, -0.1) is 0 Å².